The highest BCUT2D eigenvalue weighted by molar-refractivity contribution is 5.17. The van der Waals surface area contributed by atoms with E-state index in [0.29, 0.717) is 6.54 Å². The van der Waals surface area contributed by atoms with Gasteiger partial charge in [0.1, 0.15) is 5.82 Å². The molecule has 1 saturated heterocycles. The van der Waals surface area contributed by atoms with Crippen LogP contribution in [0.2, 0.25) is 0 Å². The average Bonchev–Trinajstić information content (AvgIpc) is 2.25. The van der Waals surface area contributed by atoms with Crippen molar-refractivity contribution in [1.82, 2.24) is 4.90 Å². The molecule has 1 fully saturated rings. The first-order valence-corrected chi connectivity index (χ1v) is 6.18. The molecule has 1 N–H and O–H groups in total. The van der Waals surface area contributed by atoms with E-state index in [-0.39, 0.29) is 17.5 Å². The Bertz CT molecular complexity index is 392. The van der Waals surface area contributed by atoms with Crippen LogP contribution in [-0.4, -0.2) is 28.2 Å². The van der Waals surface area contributed by atoms with E-state index >= 15 is 0 Å². The van der Waals surface area contributed by atoms with Crippen LogP contribution in [0.25, 0.3) is 0 Å². The first-order chi connectivity index (χ1) is 8.00. The van der Waals surface area contributed by atoms with Gasteiger partial charge in [-0.05, 0) is 50.9 Å². The second-order valence-corrected chi connectivity index (χ2v) is 5.36. The molecule has 2 rings (SSSR count). The third-order valence-corrected chi connectivity index (χ3v) is 3.80. The molecule has 3 heteroatoms. The van der Waals surface area contributed by atoms with Gasteiger partial charge in [0.2, 0.25) is 0 Å². The van der Waals surface area contributed by atoms with Crippen LogP contribution in [0.3, 0.4) is 0 Å². The summed E-state index contributed by atoms with van der Waals surface area (Å²) < 4.78 is 13.1. The van der Waals surface area contributed by atoms with Gasteiger partial charge in [0, 0.05) is 12.1 Å². The van der Waals surface area contributed by atoms with Gasteiger partial charge in [0.15, 0.2) is 0 Å². The van der Waals surface area contributed by atoms with Crippen molar-refractivity contribution >= 4 is 0 Å². The number of halogens is 1. The molecule has 0 radical (unpaired) electrons. The van der Waals surface area contributed by atoms with Crippen molar-refractivity contribution in [1.29, 1.82) is 0 Å². The molecule has 0 bridgehead atoms. The minimum absolute atomic E-state index is 0.196. The minimum Gasteiger partial charge on any atom is -0.391 e. The highest BCUT2D eigenvalue weighted by Gasteiger charge is 2.37. The second-order valence-electron chi connectivity index (χ2n) is 5.36. The Kier molecular flexibility index (Phi) is 3.50. The van der Waals surface area contributed by atoms with Crippen LogP contribution in [0.1, 0.15) is 32.3 Å². The quantitative estimate of drug-likeness (QED) is 0.854. The van der Waals surface area contributed by atoms with E-state index in [9.17, 15) is 9.50 Å². The summed E-state index contributed by atoms with van der Waals surface area (Å²) in [5, 5.41) is 10.0. The van der Waals surface area contributed by atoms with Crippen LogP contribution < -0.4 is 0 Å². The van der Waals surface area contributed by atoms with Crippen LogP contribution >= 0.6 is 0 Å². The summed E-state index contributed by atoms with van der Waals surface area (Å²) in [7, 11) is 0. The van der Waals surface area contributed by atoms with Gasteiger partial charge in [-0.25, -0.2) is 4.39 Å². The Morgan fingerprint density at radius 3 is 2.94 bits per heavy atom. The third-order valence-electron chi connectivity index (χ3n) is 3.80. The Morgan fingerprint density at radius 2 is 2.24 bits per heavy atom. The van der Waals surface area contributed by atoms with E-state index < -0.39 is 0 Å². The van der Waals surface area contributed by atoms with Crippen LogP contribution in [0.15, 0.2) is 24.3 Å². The number of likely N-dealkylation sites (tertiary alicyclic amines) is 1. The van der Waals surface area contributed by atoms with E-state index in [1.54, 1.807) is 12.1 Å². The monoisotopic (exact) mass is 237 g/mol. The number of aliphatic hydroxyl groups excluding tert-OH is 1. The molecule has 2 nitrogen and oxygen atoms in total. The zero-order valence-corrected chi connectivity index (χ0v) is 10.5. The Hall–Kier alpha value is -0.930. The smallest absolute Gasteiger partial charge is 0.123 e. The van der Waals surface area contributed by atoms with E-state index in [2.05, 4.69) is 18.7 Å². The molecule has 1 aromatic carbocycles. The molecule has 1 aromatic rings. The van der Waals surface area contributed by atoms with E-state index in [0.717, 1.165) is 24.9 Å². The van der Waals surface area contributed by atoms with Gasteiger partial charge in [-0.1, -0.05) is 12.1 Å². The lowest BCUT2D eigenvalue weighted by molar-refractivity contribution is -0.0481. The molecule has 1 aliphatic rings. The molecule has 0 saturated carbocycles. The normalized spacial score (nSPS) is 24.8. The van der Waals surface area contributed by atoms with Crippen LogP contribution in [-0.2, 0) is 6.54 Å². The van der Waals surface area contributed by atoms with Gasteiger partial charge < -0.3 is 5.11 Å². The van der Waals surface area contributed by atoms with E-state index in [4.69, 9.17) is 0 Å². The topological polar surface area (TPSA) is 23.5 Å². The van der Waals surface area contributed by atoms with Crippen LogP contribution in [0.5, 0.6) is 0 Å². The summed E-state index contributed by atoms with van der Waals surface area (Å²) in [5.74, 6) is -0.196. The molecular weight excluding hydrogens is 217 g/mol. The van der Waals surface area contributed by atoms with Crippen molar-refractivity contribution in [2.75, 3.05) is 6.54 Å². The number of piperidine rings is 1. The predicted octanol–water partition coefficient (Wildman–Crippen LogP) is 2.56. The van der Waals surface area contributed by atoms with Gasteiger partial charge in [-0.2, -0.15) is 0 Å². The lowest BCUT2D eigenvalue weighted by atomic mass is 9.87. The standard InChI is InChI=1S/C14H20FNO/c1-14(2)13(17)7-4-8-16(14)10-11-5-3-6-12(15)9-11/h3,5-6,9,13,17H,4,7-8,10H2,1-2H3. The fraction of sp³-hybridized carbons (Fsp3) is 0.571. The number of aliphatic hydroxyl groups is 1. The second kappa shape index (κ2) is 4.75. The number of nitrogens with zero attached hydrogens (tertiary/aromatic N) is 1. The van der Waals surface area contributed by atoms with Crippen LogP contribution in [0, 0.1) is 5.82 Å². The lowest BCUT2D eigenvalue weighted by Gasteiger charge is -2.46. The van der Waals surface area contributed by atoms with Crippen molar-refractivity contribution in [2.45, 2.75) is 44.9 Å². The van der Waals surface area contributed by atoms with E-state index in [1.807, 2.05) is 6.07 Å². The average molecular weight is 237 g/mol. The van der Waals surface area contributed by atoms with Gasteiger partial charge in [-0.3, -0.25) is 4.90 Å². The molecule has 1 atom stereocenters. The summed E-state index contributed by atoms with van der Waals surface area (Å²) in [6.07, 6.45) is 1.55. The number of benzene rings is 1. The number of hydrogen-bond donors (Lipinski definition) is 1. The fourth-order valence-electron chi connectivity index (χ4n) is 2.47. The van der Waals surface area contributed by atoms with Crippen molar-refractivity contribution in [3.05, 3.63) is 35.6 Å². The molecule has 0 aliphatic carbocycles. The Labute approximate surface area is 102 Å². The van der Waals surface area contributed by atoms with Crippen molar-refractivity contribution in [2.24, 2.45) is 0 Å². The molecule has 0 amide bonds. The molecule has 94 valence electrons. The highest BCUT2D eigenvalue weighted by Crippen LogP contribution is 2.29. The summed E-state index contributed by atoms with van der Waals surface area (Å²) in [6.45, 7) is 5.76. The number of hydrogen-bond acceptors (Lipinski definition) is 2. The zero-order chi connectivity index (χ0) is 12.5. The SMILES string of the molecule is CC1(C)C(O)CCCN1Cc1cccc(F)c1. The molecular formula is C14H20FNO. The zero-order valence-electron chi connectivity index (χ0n) is 10.5. The predicted molar refractivity (Wildman–Crippen MR) is 66.1 cm³/mol. The maximum absolute atomic E-state index is 13.1. The molecule has 0 aromatic heterocycles. The van der Waals surface area contributed by atoms with Crippen LogP contribution in [0.4, 0.5) is 4.39 Å². The summed E-state index contributed by atoms with van der Waals surface area (Å²) in [5.41, 5.74) is 0.733. The lowest BCUT2D eigenvalue weighted by Crippen LogP contribution is -2.55. The molecule has 17 heavy (non-hydrogen) atoms. The Morgan fingerprint density at radius 1 is 1.47 bits per heavy atom. The first kappa shape index (κ1) is 12.5. The van der Waals surface area contributed by atoms with Gasteiger partial charge in [0.25, 0.3) is 0 Å². The van der Waals surface area contributed by atoms with Gasteiger partial charge in [-0.15, -0.1) is 0 Å². The Balaban J connectivity index is 2.12. The van der Waals surface area contributed by atoms with E-state index in [1.165, 1.54) is 6.07 Å². The summed E-state index contributed by atoms with van der Waals surface area (Å²) in [4.78, 5) is 2.23. The largest absolute Gasteiger partial charge is 0.391 e. The van der Waals surface area contributed by atoms with Crippen molar-refractivity contribution in [3.63, 3.8) is 0 Å². The summed E-state index contributed by atoms with van der Waals surface area (Å²) in [6, 6.07) is 6.69. The highest BCUT2D eigenvalue weighted by atomic mass is 19.1. The number of rotatable bonds is 2. The maximum Gasteiger partial charge on any atom is 0.123 e. The van der Waals surface area contributed by atoms with Gasteiger partial charge >= 0.3 is 0 Å². The maximum atomic E-state index is 13.1. The van der Waals surface area contributed by atoms with Crippen molar-refractivity contribution in [3.8, 4) is 0 Å². The summed E-state index contributed by atoms with van der Waals surface area (Å²) >= 11 is 0. The van der Waals surface area contributed by atoms with Crippen molar-refractivity contribution < 1.29 is 9.50 Å². The van der Waals surface area contributed by atoms with Gasteiger partial charge in [0.05, 0.1) is 6.10 Å². The first-order valence-electron chi connectivity index (χ1n) is 6.18. The molecule has 1 heterocycles. The molecule has 1 unspecified atom stereocenters. The minimum atomic E-state index is -0.301. The third kappa shape index (κ3) is 2.67. The molecule has 1 aliphatic heterocycles. The fourth-order valence-corrected chi connectivity index (χ4v) is 2.47. The molecule has 0 spiro atoms.